The van der Waals surface area contributed by atoms with Crippen molar-refractivity contribution in [1.29, 1.82) is 0 Å². The average molecular weight is 258 g/mol. The van der Waals surface area contributed by atoms with Gasteiger partial charge < -0.3 is 10.4 Å². The van der Waals surface area contributed by atoms with Crippen molar-refractivity contribution in [1.82, 2.24) is 15.3 Å². The molecule has 1 heterocycles. The summed E-state index contributed by atoms with van der Waals surface area (Å²) in [4.78, 5) is 19.2. The highest BCUT2D eigenvalue weighted by Gasteiger charge is 2.11. The Morgan fingerprint density at radius 3 is 2.71 bits per heavy atom. The van der Waals surface area contributed by atoms with Crippen molar-refractivity contribution < 1.29 is 9.90 Å². The molecule has 0 aliphatic carbocycles. The van der Waals surface area contributed by atoms with Crippen molar-refractivity contribution in [3.8, 4) is 0 Å². The van der Waals surface area contributed by atoms with Gasteiger partial charge in [0.1, 0.15) is 10.8 Å². The van der Waals surface area contributed by atoms with Gasteiger partial charge in [0.25, 0.3) is 5.91 Å². The molecule has 0 fully saturated rings. The lowest BCUT2D eigenvalue weighted by atomic mass is 10.1. The number of carbonyl (C=O) groups is 1. The molecule has 0 aromatic carbocycles. The van der Waals surface area contributed by atoms with Gasteiger partial charge in [-0.25, -0.2) is 9.97 Å². The van der Waals surface area contributed by atoms with Crippen LogP contribution in [0.5, 0.6) is 0 Å². The van der Waals surface area contributed by atoms with Crippen LogP contribution in [-0.4, -0.2) is 33.6 Å². The fourth-order valence-corrected chi connectivity index (χ4v) is 1.46. The summed E-state index contributed by atoms with van der Waals surface area (Å²) in [6.45, 7) is 4.23. The van der Waals surface area contributed by atoms with Crippen molar-refractivity contribution >= 4 is 17.5 Å². The second-order valence-electron chi connectivity index (χ2n) is 4.22. The molecule has 1 amide bonds. The molecule has 0 bridgehead atoms. The fourth-order valence-electron chi connectivity index (χ4n) is 1.36. The van der Waals surface area contributed by atoms with Crippen LogP contribution in [0.25, 0.3) is 0 Å². The number of hydrogen-bond acceptors (Lipinski definition) is 4. The Kier molecular flexibility index (Phi) is 5.31. The lowest BCUT2D eigenvalue weighted by Gasteiger charge is -2.13. The van der Waals surface area contributed by atoms with E-state index in [2.05, 4.69) is 15.3 Å². The van der Waals surface area contributed by atoms with Crippen LogP contribution in [0.2, 0.25) is 5.15 Å². The summed E-state index contributed by atoms with van der Waals surface area (Å²) in [5.41, 5.74) is 0.186. The van der Waals surface area contributed by atoms with Crippen molar-refractivity contribution in [2.75, 3.05) is 6.54 Å². The van der Waals surface area contributed by atoms with Crippen LogP contribution in [0.15, 0.2) is 12.4 Å². The van der Waals surface area contributed by atoms with Crippen LogP contribution in [-0.2, 0) is 0 Å². The molecule has 0 aliphatic rings. The van der Waals surface area contributed by atoms with Crippen LogP contribution in [0, 0.1) is 5.92 Å². The zero-order valence-corrected chi connectivity index (χ0v) is 10.6. The molecular weight excluding hydrogens is 242 g/mol. The first-order valence-corrected chi connectivity index (χ1v) is 5.80. The van der Waals surface area contributed by atoms with Gasteiger partial charge in [0, 0.05) is 6.54 Å². The number of hydrogen-bond donors (Lipinski definition) is 2. The topological polar surface area (TPSA) is 75.1 Å². The normalized spacial score (nSPS) is 12.5. The number of nitrogens with one attached hydrogen (secondary N) is 1. The maximum absolute atomic E-state index is 11.6. The van der Waals surface area contributed by atoms with Gasteiger partial charge in [-0.1, -0.05) is 25.4 Å². The molecule has 0 saturated carbocycles. The largest absolute Gasteiger partial charge is 0.391 e. The molecule has 5 nitrogen and oxygen atoms in total. The Balaban J connectivity index is 2.42. The van der Waals surface area contributed by atoms with Gasteiger partial charge in [-0.15, -0.1) is 0 Å². The van der Waals surface area contributed by atoms with Gasteiger partial charge in [-0.05, 0) is 12.3 Å². The molecule has 0 aliphatic heterocycles. The Morgan fingerprint density at radius 1 is 1.47 bits per heavy atom. The maximum atomic E-state index is 11.6. The predicted octanol–water partition coefficient (Wildman–Crippen LogP) is 1.27. The van der Waals surface area contributed by atoms with E-state index >= 15 is 0 Å². The number of halogens is 1. The molecule has 17 heavy (non-hydrogen) atoms. The third kappa shape index (κ3) is 5.10. The van der Waals surface area contributed by atoms with Gasteiger partial charge >= 0.3 is 0 Å². The number of amides is 1. The van der Waals surface area contributed by atoms with Gasteiger partial charge in [0.05, 0.1) is 18.5 Å². The SMILES string of the molecule is CC(C)CC(O)CNC(=O)c1cnc(Cl)cn1. The molecule has 1 unspecified atom stereocenters. The quantitative estimate of drug-likeness (QED) is 0.833. The Hall–Kier alpha value is -1.20. The second-order valence-corrected chi connectivity index (χ2v) is 4.61. The Labute approximate surface area is 105 Å². The zero-order chi connectivity index (χ0) is 12.8. The summed E-state index contributed by atoms with van der Waals surface area (Å²) in [7, 11) is 0. The molecule has 1 aromatic rings. The first kappa shape index (κ1) is 13.9. The molecule has 0 radical (unpaired) electrons. The predicted molar refractivity (Wildman–Crippen MR) is 64.8 cm³/mol. The molecule has 1 atom stereocenters. The number of carbonyl (C=O) groups excluding carboxylic acids is 1. The molecule has 1 rings (SSSR count). The molecule has 1 aromatic heterocycles. The van der Waals surface area contributed by atoms with Crippen LogP contribution in [0.3, 0.4) is 0 Å². The summed E-state index contributed by atoms with van der Waals surface area (Å²) in [5, 5.41) is 12.4. The third-order valence-corrected chi connectivity index (χ3v) is 2.29. The van der Waals surface area contributed by atoms with Crippen molar-refractivity contribution in [2.45, 2.75) is 26.4 Å². The monoisotopic (exact) mass is 257 g/mol. The van der Waals surface area contributed by atoms with Crippen LogP contribution >= 0.6 is 11.6 Å². The van der Waals surface area contributed by atoms with E-state index in [0.29, 0.717) is 12.3 Å². The highest BCUT2D eigenvalue weighted by molar-refractivity contribution is 6.29. The number of rotatable bonds is 5. The lowest BCUT2D eigenvalue weighted by Crippen LogP contribution is -2.33. The van der Waals surface area contributed by atoms with Crippen molar-refractivity contribution in [3.63, 3.8) is 0 Å². The van der Waals surface area contributed by atoms with E-state index in [1.165, 1.54) is 12.4 Å². The van der Waals surface area contributed by atoms with Crippen LogP contribution < -0.4 is 5.32 Å². The average Bonchev–Trinajstić information content (AvgIpc) is 2.26. The Morgan fingerprint density at radius 2 is 2.18 bits per heavy atom. The smallest absolute Gasteiger partial charge is 0.271 e. The third-order valence-electron chi connectivity index (χ3n) is 2.09. The maximum Gasteiger partial charge on any atom is 0.271 e. The summed E-state index contributed by atoms with van der Waals surface area (Å²) in [5.74, 6) is 0.0224. The highest BCUT2D eigenvalue weighted by atomic mass is 35.5. The zero-order valence-electron chi connectivity index (χ0n) is 9.85. The van der Waals surface area contributed by atoms with E-state index in [4.69, 9.17) is 11.6 Å². The van der Waals surface area contributed by atoms with E-state index in [1.807, 2.05) is 13.8 Å². The highest BCUT2D eigenvalue weighted by Crippen LogP contribution is 2.04. The Bertz CT molecular complexity index is 367. The van der Waals surface area contributed by atoms with Gasteiger partial charge in [0.15, 0.2) is 0 Å². The first-order valence-electron chi connectivity index (χ1n) is 5.43. The summed E-state index contributed by atoms with van der Waals surface area (Å²) in [6, 6.07) is 0. The summed E-state index contributed by atoms with van der Waals surface area (Å²) in [6.07, 6.45) is 2.71. The number of aliphatic hydroxyl groups is 1. The summed E-state index contributed by atoms with van der Waals surface area (Å²) >= 11 is 5.56. The minimum atomic E-state index is -0.542. The summed E-state index contributed by atoms with van der Waals surface area (Å²) < 4.78 is 0. The molecule has 0 spiro atoms. The fraction of sp³-hybridized carbons (Fsp3) is 0.545. The van der Waals surface area contributed by atoms with E-state index in [9.17, 15) is 9.90 Å². The van der Waals surface area contributed by atoms with E-state index in [0.717, 1.165) is 0 Å². The molecule has 6 heteroatoms. The number of nitrogens with zero attached hydrogens (tertiary/aromatic N) is 2. The molecular formula is C11H16ClN3O2. The van der Waals surface area contributed by atoms with E-state index in [1.54, 1.807) is 0 Å². The molecule has 2 N–H and O–H groups in total. The van der Waals surface area contributed by atoms with E-state index < -0.39 is 6.10 Å². The second kappa shape index (κ2) is 6.51. The standard InChI is InChI=1S/C11H16ClN3O2/c1-7(2)3-8(16)4-15-11(17)9-5-14-10(12)6-13-9/h5-8,16H,3-4H2,1-2H3,(H,15,17). The van der Waals surface area contributed by atoms with Gasteiger partial charge in [-0.2, -0.15) is 0 Å². The van der Waals surface area contributed by atoms with Crippen molar-refractivity contribution in [2.24, 2.45) is 5.92 Å². The van der Waals surface area contributed by atoms with Gasteiger partial charge in [0.2, 0.25) is 0 Å². The van der Waals surface area contributed by atoms with E-state index in [-0.39, 0.29) is 23.3 Å². The first-order chi connectivity index (χ1) is 7.99. The lowest BCUT2D eigenvalue weighted by molar-refractivity contribution is 0.0895. The van der Waals surface area contributed by atoms with Crippen LogP contribution in [0.4, 0.5) is 0 Å². The number of aromatic nitrogens is 2. The molecule has 94 valence electrons. The van der Waals surface area contributed by atoms with Gasteiger partial charge in [-0.3, -0.25) is 4.79 Å². The van der Waals surface area contributed by atoms with Crippen LogP contribution in [0.1, 0.15) is 30.8 Å². The molecule has 0 saturated heterocycles. The van der Waals surface area contributed by atoms with Crippen molar-refractivity contribution in [3.05, 3.63) is 23.2 Å². The minimum absolute atomic E-state index is 0.186. The minimum Gasteiger partial charge on any atom is -0.391 e. The number of aliphatic hydroxyl groups excluding tert-OH is 1.